The van der Waals surface area contributed by atoms with Crippen LogP contribution in [0.2, 0.25) is 0 Å². The van der Waals surface area contributed by atoms with E-state index in [9.17, 15) is 9.59 Å². The van der Waals surface area contributed by atoms with Crippen molar-refractivity contribution in [3.8, 4) is 11.8 Å². The number of aliphatic hydroxyl groups is 1. The molecule has 4 nitrogen and oxygen atoms in total. The SMILES string of the molecule is COC(=O)C#CCC1(C/C=C/CO)C=CC(=O)C=C1. The number of ether oxygens (including phenoxy) is 1. The molecule has 1 N–H and O–H groups in total. The molecule has 0 spiro atoms. The molecule has 0 aromatic rings. The Morgan fingerprint density at radius 1 is 1.42 bits per heavy atom. The third kappa shape index (κ3) is 4.94. The molecule has 19 heavy (non-hydrogen) atoms. The van der Waals surface area contributed by atoms with E-state index >= 15 is 0 Å². The first kappa shape index (κ1) is 14.9. The summed E-state index contributed by atoms with van der Waals surface area (Å²) in [6.45, 7) is -0.0315. The maximum absolute atomic E-state index is 11.2. The summed E-state index contributed by atoms with van der Waals surface area (Å²) in [4.78, 5) is 22.1. The predicted molar refractivity (Wildman–Crippen MR) is 71.0 cm³/mol. The second-order valence-corrected chi connectivity index (χ2v) is 4.13. The first-order chi connectivity index (χ1) is 9.12. The molecule has 0 fully saturated rings. The highest BCUT2D eigenvalue weighted by atomic mass is 16.5. The predicted octanol–water partition coefficient (Wildman–Crippen LogP) is 1.17. The topological polar surface area (TPSA) is 63.6 Å². The maximum atomic E-state index is 11.2. The Bertz CT molecular complexity index is 470. The van der Waals surface area contributed by atoms with Crippen LogP contribution in [0, 0.1) is 17.3 Å². The van der Waals surface area contributed by atoms with E-state index in [0.717, 1.165) is 0 Å². The number of ketones is 1. The maximum Gasteiger partial charge on any atom is 0.384 e. The van der Waals surface area contributed by atoms with Crippen molar-refractivity contribution in [3.63, 3.8) is 0 Å². The monoisotopic (exact) mass is 260 g/mol. The Morgan fingerprint density at radius 2 is 2.11 bits per heavy atom. The van der Waals surface area contributed by atoms with Gasteiger partial charge in [-0.15, -0.1) is 0 Å². The molecular weight excluding hydrogens is 244 g/mol. The number of allylic oxidation sites excluding steroid dienone is 5. The van der Waals surface area contributed by atoms with Crippen molar-refractivity contribution in [3.05, 3.63) is 36.5 Å². The van der Waals surface area contributed by atoms with E-state index in [4.69, 9.17) is 5.11 Å². The molecule has 0 aromatic carbocycles. The fourth-order valence-electron chi connectivity index (χ4n) is 1.64. The van der Waals surface area contributed by atoms with Crippen molar-refractivity contribution < 1.29 is 19.4 Å². The quantitative estimate of drug-likeness (QED) is 0.357. The molecule has 1 aliphatic rings. The van der Waals surface area contributed by atoms with Crippen LogP contribution in [0.4, 0.5) is 0 Å². The number of carbonyl (C=O) groups is 2. The minimum atomic E-state index is -0.583. The smallest absolute Gasteiger partial charge is 0.384 e. The molecule has 0 unspecified atom stereocenters. The molecule has 0 radical (unpaired) electrons. The van der Waals surface area contributed by atoms with Gasteiger partial charge in [0.05, 0.1) is 13.7 Å². The molecule has 0 atom stereocenters. The minimum absolute atomic E-state index is 0.0315. The van der Waals surface area contributed by atoms with Crippen LogP contribution in [-0.4, -0.2) is 30.6 Å². The molecule has 0 saturated heterocycles. The van der Waals surface area contributed by atoms with Crippen molar-refractivity contribution in [2.45, 2.75) is 12.8 Å². The minimum Gasteiger partial charge on any atom is -0.459 e. The van der Waals surface area contributed by atoms with Gasteiger partial charge < -0.3 is 9.84 Å². The molecular formula is C15H16O4. The number of methoxy groups -OCH3 is 1. The zero-order valence-corrected chi connectivity index (χ0v) is 10.8. The zero-order chi connectivity index (χ0) is 14.1. The summed E-state index contributed by atoms with van der Waals surface area (Å²) in [6, 6.07) is 0. The largest absolute Gasteiger partial charge is 0.459 e. The van der Waals surface area contributed by atoms with Crippen molar-refractivity contribution in [2.75, 3.05) is 13.7 Å². The van der Waals surface area contributed by atoms with Crippen molar-refractivity contribution in [1.29, 1.82) is 0 Å². The number of hydrogen-bond donors (Lipinski definition) is 1. The summed E-state index contributed by atoms with van der Waals surface area (Å²) in [5.41, 5.74) is -0.416. The summed E-state index contributed by atoms with van der Waals surface area (Å²) < 4.78 is 4.44. The molecule has 0 bridgehead atoms. The Balaban J connectivity index is 2.81. The van der Waals surface area contributed by atoms with Gasteiger partial charge in [-0.3, -0.25) is 4.79 Å². The van der Waals surface area contributed by atoms with Gasteiger partial charge in [0, 0.05) is 17.8 Å². The van der Waals surface area contributed by atoms with E-state index in [-0.39, 0.29) is 12.4 Å². The number of esters is 1. The third-order valence-corrected chi connectivity index (χ3v) is 2.72. The summed E-state index contributed by atoms with van der Waals surface area (Å²) >= 11 is 0. The highest BCUT2D eigenvalue weighted by Crippen LogP contribution is 2.32. The van der Waals surface area contributed by atoms with Crippen LogP contribution in [0.1, 0.15) is 12.8 Å². The van der Waals surface area contributed by atoms with Crippen LogP contribution in [0.3, 0.4) is 0 Å². The number of hydrogen-bond acceptors (Lipinski definition) is 4. The van der Waals surface area contributed by atoms with E-state index in [1.807, 2.05) is 6.08 Å². The Kier molecular flexibility index (Phi) is 5.77. The van der Waals surface area contributed by atoms with Crippen LogP contribution in [0.5, 0.6) is 0 Å². The van der Waals surface area contributed by atoms with E-state index in [1.54, 1.807) is 18.2 Å². The molecule has 4 heteroatoms. The van der Waals surface area contributed by atoms with Gasteiger partial charge >= 0.3 is 5.97 Å². The summed E-state index contributed by atoms with van der Waals surface area (Å²) in [5, 5.41) is 8.74. The fraction of sp³-hybridized carbons (Fsp3) is 0.333. The summed E-state index contributed by atoms with van der Waals surface area (Å²) in [6.07, 6.45) is 11.0. The second kappa shape index (κ2) is 7.34. The van der Waals surface area contributed by atoms with Gasteiger partial charge in [0.15, 0.2) is 5.78 Å². The van der Waals surface area contributed by atoms with Crippen molar-refractivity contribution in [2.24, 2.45) is 5.41 Å². The van der Waals surface area contributed by atoms with Crippen LogP contribution < -0.4 is 0 Å². The van der Waals surface area contributed by atoms with Gasteiger partial charge in [0.1, 0.15) is 0 Å². The normalized spacial score (nSPS) is 16.2. The lowest BCUT2D eigenvalue weighted by Crippen LogP contribution is -2.17. The van der Waals surface area contributed by atoms with E-state index in [2.05, 4.69) is 16.6 Å². The second-order valence-electron chi connectivity index (χ2n) is 4.13. The highest BCUT2D eigenvalue weighted by molar-refractivity contribution is 6.00. The van der Waals surface area contributed by atoms with Crippen molar-refractivity contribution in [1.82, 2.24) is 0 Å². The lowest BCUT2D eigenvalue weighted by molar-refractivity contribution is -0.133. The first-order valence-electron chi connectivity index (χ1n) is 5.87. The standard InChI is InChI=1S/C15H16O4/c1-19-14(18)5-4-9-15(8-2-3-12-16)10-6-13(17)7-11-15/h2-3,6-7,10-11,16H,8-9,12H2,1H3/b3-2+. The van der Waals surface area contributed by atoms with Gasteiger partial charge in [-0.25, -0.2) is 4.79 Å². The Hall–Kier alpha value is -2.12. The highest BCUT2D eigenvalue weighted by Gasteiger charge is 2.24. The van der Waals surface area contributed by atoms with E-state index < -0.39 is 11.4 Å². The zero-order valence-electron chi connectivity index (χ0n) is 10.8. The Morgan fingerprint density at radius 3 is 2.68 bits per heavy atom. The van der Waals surface area contributed by atoms with Crippen LogP contribution >= 0.6 is 0 Å². The fourth-order valence-corrected chi connectivity index (χ4v) is 1.64. The molecule has 0 aromatic heterocycles. The number of carbonyl (C=O) groups excluding carboxylic acids is 2. The summed E-state index contributed by atoms with van der Waals surface area (Å²) in [5.74, 6) is 4.47. The number of rotatable bonds is 4. The van der Waals surface area contributed by atoms with E-state index in [0.29, 0.717) is 12.8 Å². The molecule has 0 aliphatic heterocycles. The average molecular weight is 260 g/mol. The molecule has 100 valence electrons. The van der Waals surface area contributed by atoms with Gasteiger partial charge in [0.25, 0.3) is 0 Å². The summed E-state index contributed by atoms with van der Waals surface area (Å²) in [7, 11) is 1.27. The Labute approximate surface area is 112 Å². The lowest BCUT2D eigenvalue weighted by Gasteiger charge is -2.25. The van der Waals surface area contributed by atoms with Crippen molar-refractivity contribution >= 4 is 11.8 Å². The molecule has 0 saturated carbocycles. The first-order valence-corrected chi connectivity index (χ1v) is 5.87. The van der Waals surface area contributed by atoms with E-state index in [1.165, 1.54) is 19.3 Å². The van der Waals surface area contributed by atoms with Crippen LogP contribution in [0.15, 0.2) is 36.5 Å². The lowest BCUT2D eigenvalue weighted by atomic mass is 9.78. The van der Waals surface area contributed by atoms with Gasteiger partial charge in [-0.1, -0.05) is 30.2 Å². The molecule has 1 rings (SSSR count). The molecule has 1 aliphatic carbocycles. The van der Waals surface area contributed by atoms with Crippen LogP contribution in [0.25, 0.3) is 0 Å². The molecule has 0 amide bonds. The average Bonchev–Trinajstić information content (AvgIpc) is 2.42. The van der Waals surface area contributed by atoms with Gasteiger partial charge in [-0.2, -0.15) is 0 Å². The van der Waals surface area contributed by atoms with Crippen LogP contribution in [-0.2, 0) is 14.3 Å². The third-order valence-electron chi connectivity index (χ3n) is 2.72. The van der Waals surface area contributed by atoms with Gasteiger partial charge in [-0.05, 0) is 18.6 Å². The molecule has 0 heterocycles. The number of aliphatic hydroxyl groups excluding tert-OH is 1. The van der Waals surface area contributed by atoms with Gasteiger partial charge in [0.2, 0.25) is 0 Å².